The molecule has 3 aliphatic heterocycles. The maximum atomic E-state index is 12.1. The number of hydrogen-bond acceptors (Lipinski definition) is 6. The van der Waals surface area contributed by atoms with Gasteiger partial charge >= 0.3 is 0 Å². The summed E-state index contributed by atoms with van der Waals surface area (Å²) < 4.78 is 5.84. The summed E-state index contributed by atoms with van der Waals surface area (Å²) in [4.78, 5) is 23.5. The molecule has 0 saturated carbocycles. The summed E-state index contributed by atoms with van der Waals surface area (Å²) in [6.45, 7) is 5.85. The van der Waals surface area contributed by atoms with Crippen molar-refractivity contribution in [1.29, 1.82) is 0 Å². The summed E-state index contributed by atoms with van der Waals surface area (Å²) >= 11 is 0. The molecule has 1 amide bonds. The number of carbonyl (C=O) groups is 1. The molecule has 4 heterocycles. The number of ether oxygens (including phenoxy) is 1. The molecule has 1 aromatic rings. The lowest BCUT2D eigenvalue weighted by Crippen LogP contribution is -2.43. The maximum Gasteiger partial charge on any atom is 0.270 e. The van der Waals surface area contributed by atoms with Gasteiger partial charge in [-0.05, 0) is 38.0 Å². The zero-order chi connectivity index (χ0) is 16.7. The Kier molecular flexibility index (Phi) is 6.71. The Bertz CT molecular complexity index is 665. The standard InChI is InChI=1S/C17H25N5O2.2ClH/c1-11-20-14-13(2-5-19-16(14)23)15(21-11)22-6-3-17(4-7-22)8-12(9-18)24-10-17;;/h12H,2-10,18H2,1H3,(H,19,23);2*1H. The van der Waals surface area contributed by atoms with E-state index in [1.54, 1.807) is 0 Å². The number of anilines is 1. The number of nitrogens with one attached hydrogen (secondary N) is 1. The van der Waals surface area contributed by atoms with Gasteiger partial charge in [0.15, 0.2) is 0 Å². The molecule has 1 unspecified atom stereocenters. The molecule has 0 aliphatic carbocycles. The van der Waals surface area contributed by atoms with Gasteiger partial charge in [0, 0.05) is 31.7 Å². The third-order valence-corrected chi connectivity index (χ3v) is 5.65. The second-order valence-corrected chi connectivity index (χ2v) is 7.29. The lowest BCUT2D eigenvalue weighted by atomic mass is 9.76. The Morgan fingerprint density at radius 1 is 1.31 bits per heavy atom. The van der Waals surface area contributed by atoms with Crippen LogP contribution in [-0.4, -0.2) is 54.8 Å². The van der Waals surface area contributed by atoms with Crippen LogP contribution in [-0.2, 0) is 11.2 Å². The highest BCUT2D eigenvalue weighted by atomic mass is 35.5. The first kappa shape index (κ1) is 21.2. The number of halogens is 2. The van der Waals surface area contributed by atoms with E-state index >= 15 is 0 Å². The van der Waals surface area contributed by atoms with Crippen LogP contribution in [0.15, 0.2) is 0 Å². The van der Waals surface area contributed by atoms with Gasteiger partial charge in [-0.15, -0.1) is 24.8 Å². The molecule has 1 spiro atoms. The number of nitrogens with zero attached hydrogens (tertiary/aromatic N) is 3. The normalized spacial score (nSPS) is 23.7. The van der Waals surface area contributed by atoms with E-state index in [0.717, 1.165) is 56.8 Å². The topological polar surface area (TPSA) is 93.4 Å². The van der Waals surface area contributed by atoms with Gasteiger partial charge in [0.05, 0.1) is 12.7 Å². The number of aryl methyl sites for hydroxylation is 1. The number of hydrogen-bond donors (Lipinski definition) is 2. The minimum absolute atomic E-state index is 0. The monoisotopic (exact) mass is 403 g/mol. The van der Waals surface area contributed by atoms with E-state index in [0.29, 0.717) is 24.6 Å². The summed E-state index contributed by atoms with van der Waals surface area (Å²) in [5.41, 5.74) is 7.59. The third kappa shape index (κ3) is 3.76. The van der Waals surface area contributed by atoms with Crippen molar-refractivity contribution in [3.05, 3.63) is 17.1 Å². The van der Waals surface area contributed by atoms with Gasteiger partial charge in [-0.25, -0.2) is 9.97 Å². The van der Waals surface area contributed by atoms with Crippen LogP contribution in [0.5, 0.6) is 0 Å². The van der Waals surface area contributed by atoms with Crippen molar-refractivity contribution >= 4 is 36.5 Å². The van der Waals surface area contributed by atoms with Crippen LogP contribution in [0.2, 0.25) is 0 Å². The first-order chi connectivity index (χ1) is 11.6. The van der Waals surface area contributed by atoms with Gasteiger partial charge in [0.2, 0.25) is 0 Å². The largest absolute Gasteiger partial charge is 0.376 e. The summed E-state index contributed by atoms with van der Waals surface area (Å²) in [5, 5.41) is 2.87. The molecule has 2 saturated heterocycles. The van der Waals surface area contributed by atoms with Gasteiger partial charge in [-0.2, -0.15) is 0 Å². The van der Waals surface area contributed by atoms with Crippen LogP contribution in [0.3, 0.4) is 0 Å². The number of piperidine rings is 1. The highest BCUT2D eigenvalue weighted by molar-refractivity contribution is 5.96. The first-order valence-corrected chi connectivity index (χ1v) is 8.83. The van der Waals surface area contributed by atoms with Crippen LogP contribution in [0.1, 0.15) is 41.1 Å². The van der Waals surface area contributed by atoms with Crippen molar-refractivity contribution in [2.24, 2.45) is 11.1 Å². The quantitative estimate of drug-likeness (QED) is 0.771. The van der Waals surface area contributed by atoms with Crippen molar-refractivity contribution in [1.82, 2.24) is 15.3 Å². The van der Waals surface area contributed by atoms with E-state index in [1.807, 2.05) is 6.92 Å². The molecular weight excluding hydrogens is 377 g/mol. The number of aromatic nitrogens is 2. The Morgan fingerprint density at radius 2 is 2.04 bits per heavy atom. The average molecular weight is 404 g/mol. The summed E-state index contributed by atoms with van der Waals surface area (Å²) in [7, 11) is 0. The maximum absolute atomic E-state index is 12.1. The fourth-order valence-electron chi connectivity index (χ4n) is 4.23. The minimum atomic E-state index is -0.0774. The van der Waals surface area contributed by atoms with Crippen LogP contribution in [0, 0.1) is 12.3 Å². The highest BCUT2D eigenvalue weighted by Gasteiger charge is 2.42. The Hall–Kier alpha value is -1.15. The Balaban J connectivity index is 0.00000121. The van der Waals surface area contributed by atoms with Crippen molar-refractivity contribution < 1.29 is 9.53 Å². The van der Waals surface area contributed by atoms with E-state index in [-0.39, 0.29) is 42.2 Å². The van der Waals surface area contributed by atoms with Crippen molar-refractivity contribution in [3.63, 3.8) is 0 Å². The van der Waals surface area contributed by atoms with Gasteiger partial charge in [-0.3, -0.25) is 4.79 Å². The predicted molar refractivity (Wildman–Crippen MR) is 105 cm³/mol. The summed E-state index contributed by atoms with van der Waals surface area (Å²) in [5.74, 6) is 1.54. The fourth-order valence-corrected chi connectivity index (χ4v) is 4.23. The van der Waals surface area contributed by atoms with Gasteiger partial charge < -0.3 is 20.7 Å². The Morgan fingerprint density at radius 3 is 2.69 bits per heavy atom. The van der Waals surface area contributed by atoms with Gasteiger partial charge in [0.1, 0.15) is 17.3 Å². The molecule has 9 heteroatoms. The molecule has 146 valence electrons. The summed E-state index contributed by atoms with van der Waals surface area (Å²) in [6.07, 6.45) is 4.27. The molecule has 1 atom stereocenters. The van der Waals surface area contributed by atoms with E-state index in [4.69, 9.17) is 10.5 Å². The number of carbonyl (C=O) groups excluding carboxylic acids is 1. The van der Waals surface area contributed by atoms with Crippen LogP contribution in [0.25, 0.3) is 0 Å². The van der Waals surface area contributed by atoms with E-state index < -0.39 is 0 Å². The molecular formula is C17H27Cl2N5O2. The van der Waals surface area contributed by atoms with Crippen LogP contribution < -0.4 is 16.0 Å². The second-order valence-electron chi connectivity index (χ2n) is 7.29. The average Bonchev–Trinajstić information content (AvgIpc) is 2.99. The number of rotatable bonds is 2. The zero-order valence-corrected chi connectivity index (χ0v) is 16.6. The molecule has 0 aromatic carbocycles. The minimum Gasteiger partial charge on any atom is -0.376 e. The van der Waals surface area contributed by atoms with Crippen molar-refractivity contribution in [2.75, 3.05) is 37.7 Å². The highest BCUT2D eigenvalue weighted by Crippen LogP contribution is 2.42. The van der Waals surface area contributed by atoms with E-state index in [9.17, 15) is 4.79 Å². The molecule has 26 heavy (non-hydrogen) atoms. The molecule has 3 N–H and O–H groups in total. The van der Waals surface area contributed by atoms with Gasteiger partial charge in [0.25, 0.3) is 5.91 Å². The zero-order valence-electron chi connectivity index (χ0n) is 15.0. The van der Waals surface area contributed by atoms with E-state index in [2.05, 4.69) is 20.2 Å². The van der Waals surface area contributed by atoms with Gasteiger partial charge in [-0.1, -0.05) is 0 Å². The predicted octanol–water partition coefficient (Wildman–Crippen LogP) is 1.25. The van der Waals surface area contributed by atoms with Crippen molar-refractivity contribution in [3.8, 4) is 0 Å². The molecule has 0 bridgehead atoms. The second kappa shape index (κ2) is 8.25. The van der Waals surface area contributed by atoms with Crippen LogP contribution in [0.4, 0.5) is 5.82 Å². The Labute approximate surface area is 166 Å². The summed E-state index contributed by atoms with van der Waals surface area (Å²) in [6, 6.07) is 0. The molecule has 3 aliphatic rings. The number of nitrogens with two attached hydrogens (primary N) is 1. The number of amides is 1. The molecule has 0 radical (unpaired) electrons. The molecule has 2 fully saturated rings. The fraction of sp³-hybridized carbons (Fsp3) is 0.706. The first-order valence-electron chi connectivity index (χ1n) is 8.83. The van der Waals surface area contributed by atoms with E-state index in [1.165, 1.54) is 0 Å². The molecule has 1 aromatic heterocycles. The molecule has 7 nitrogen and oxygen atoms in total. The third-order valence-electron chi connectivity index (χ3n) is 5.65. The van der Waals surface area contributed by atoms with Crippen molar-refractivity contribution in [2.45, 2.75) is 38.7 Å². The smallest absolute Gasteiger partial charge is 0.270 e. The SMILES string of the molecule is Cc1nc2c(c(N3CCC4(CC3)COC(CN)C4)n1)CCNC2=O.Cl.Cl. The molecule has 4 rings (SSSR count). The lowest BCUT2D eigenvalue weighted by Gasteiger charge is -2.40. The number of fused-ring (bicyclic) bond motifs is 1. The lowest BCUT2D eigenvalue weighted by molar-refractivity contribution is 0.0926. The van der Waals surface area contributed by atoms with Crippen LogP contribution >= 0.6 is 24.8 Å².